The number of carboxylic acid groups (broad SMARTS) is 1. The molecule has 20 heavy (non-hydrogen) atoms. The molecule has 0 unspecified atom stereocenters. The van der Waals surface area contributed by atoms with E-state index in [9.17, 15) is 19.5 Å². The van der Waals surface area contributed by atoms with Gasteiger partial charge < -0.3 is 5.11 Å². The number of allylic oxidation sites excluding steroid dienone is 2. The van der Waals surface area contributed by atoms with E-state index in [1.54, 1.807) is 6.08 Å². The van der Waals surface area contributed by atoms with Crippen LogP contribution in [0, 0.1) is 11.8 Å². The summed E-state index contributed by atoms with van der Waals surface area (Å²) in [6.07, 6.45) is 4.31. The number of aliphatic carboxylic acids is 1. The lowest BCUT2D eigenvalue weighted by atomic mass is 9.85. The summed E-state index contributed by atoms with van der Waals surface area (Å²) < 4.78 is 0. The van der Waals surface area contributed by atoms with Crippen LogP contribution < -0.4 is 0 Å². The van der Waals surface area contributed by atoms with Crippen LogP contribution in [0.2, 0.25) is 0 Å². The first-order valence-electron chi connectivity index (χ1n) is 6.91. The number of likely N-dealkylation sites (tertiary alicyclic amines) is 1. The number of hydrogen-bond acceptors (Lipinski definition) is 3. The summed E-state index contributed by atoms with van der Waals surface area (Å²) in [5.74, 6) is -2.77. The first kappa shape index (κ1) is 15.0. The van der Waals surface area contributed by atoms with E-state index in [0.29, 0.717) is 30.7 Å². The number of halogens is 1. The predicted octanol–water partition coefficient (Wildman–Crippen LogP) is 2.15. The maximum absolute atomic E-state index is 12.4. The van der Waals surface area contributed by atoms with Gasteiger partial charge in [-0.1, -0.05) is 37.4 Å². The highest BCUT2D eigenvalue weighted by molar-refractivity contribution is 6.30. The highest BCUT2D eigenvalue weighted by atomic mass is 35.5. The van der Waals surface area contributed by atoms with Crippen molar-refractivity contribution in [3.8, 4) is 0 Å². The molecule has 1 aliphatic heterocycles. The van der Waals surface area contributed by atoms with Crippen LogP contribution in [0.3, 0.4) is 0 Å². The monoisotopic (exact) mass is 299 g/mol. The lowest BCUT2D eigenvalue weighted by Crippen LogP contribution is -2.45. The highest BCUT2D eigenvalue weighted by Gasteiger charge is 2.51. The maximum Gasteiger partial charge on any atom is 0.326 e. The van der Waals surface area contributed by atoms with Gasteiger partial charge in [-0.05, 0) is 19.3 Å². The van der Waals surface area contributed by atoms with Crippen molar-refractivity contribution in [3.05, 3.63) is 11.1 Å². The standard InChI is InChI=1S/C14H18ClNO4/c1-2-3-4-11(14(19)20)16-12(17)9-6-5-8(15)7-10(9)13(16)18/h5,9-11H,2-4,6-7H2,1H3,(H,19,20)/t9-,10+,11+/m1/s1. The summed E-state index contributed by atoms with van der Waals surface area (Å²) in [7, 11) is 0. The Morgan fingerprint density at radius 3 is 2.70 bits per heavy atom. The van der Waals surface area contributed by atoms with Crippen molar-refractivity contribution in [2.45, 2.75) is 45.1 Å². The summed E-state index contributed by atoms with van der Waals surface area (Å²) in [5, 5.41) is 9.87. The minimum absolute atomic E-state index is 0.309. The smallest absolute Gasteiger partial charge is 0.326 e. The van der Waals surface area contributed by atoms with E-state index < -0.39 is 23.8 Å². The average Bonchev–Trinajstić information content (AvgIpc) is 2.63. The van der Waals surface area contributed by atoms with Crippen LogP contribution in [-0.4, -0.2) is 33.8 Å². The Kier molecular flexibility index (Phi) is 4.48. The van der Waals surface area contributed by atoms with Gasteiger partial charge >= 0.3 is 5.97 Å². The molecule has 0 aromatic rings. The van der Waals surface area contributed by atoms with E-state index in [1.165, 1.54) is 0 Å². The van der Waals surface area contributed by atoms with Crippen molar-refractivity contribution >= 4 is 29.4 Å². The second-order valence-electron chi connectivity index (χ2n) is 5.35. The summed E-state index contributed by atoms with van der Waals surface area (Å²) >= 11 is 5.93. The molecule has 110 valence electrons. The third-order valence-corrected chi connectivity index (χ3v) is 4.34. The number of nitrogens with zero attached hydrogens (tertiary/aromatic N) is 1. The molecule has 0 radical (unpaired) electrons. The number of imide groups is 1. The quantitative estimate of drug-likeness (QED) is 0.789. The molecule has 1 N–H and O–H groups in total. The van der Waals surface area contributed by atoms with E-state index in [4.69, 9.17) is 11.6 Å². The summed E-state index contributed by atoms with van der Waals surface area (Å²) in [6.45, 7) is 1.94. The molecule has 1 fully saturated rings. The predicted molar refractivity (Wildman–Crippen MR) is 73.0 cm³/mol. The van der Waals surface area contributed by atoms with Gasteiger partial charge in [0, 0.05) is 5.03 Å². The Hall–Kier alpha value is -1.36. The number of hydrogen-bond donors (Lipinski definition) is 1. The molecule has 2 amide bonds. The lowest BCUT2D eigenvalue weighted by molar-refractivity contribution is -0.155. The van der Waals surface area contributed by atoms with Gasteiger partial charge in [0.15, 0.2) is 0 Å². The second kappa shape index (κ2) is 5.95. The van der Waals surface area contributed by atoms with Crippen LogP contribution in [0.1, 0.15) is 39.0 Å². The number of carboxylic acids is 1. The first-order chi connectivity index (χ1) is 9.47. The molecule has 0 aromatic carbocycles. The van der Waals surface area contributed by atoms with Gasteiger partial charge in [-0.25, -0.2) is 4.79 Å². The molecule has 1 aliphatic carbocycles. The molecular weight excluding hydrogens is 282 g/mol. The minimum Gasteiger partial charge on any atom is -0.480 e. The van der Waals surface area contributed by atoms with Gasteiger partial charge in [0.1, 0.15) is 6.04 Å². The topological polar surface area (TPSA) is 74.7 Å². The van der Waals surface area contributed by atoms with Gasteiger partial charge in [-0.3, -0.25) is 14.5 Å². The number of carbonyl (C=O) groups is 3. The van der Waals surface area contributed by atoms with Gasteiger partial charge in [-0.2, -0.15) is 0 Å². The second-order valence-corrected chi connectivity index (χ2v) is 5.83. The molecule has 2 aliphatic rings. The summed E-state index contributed by atoms with van der Waals surface area (Å²) in [6, 6.07) is -1.04. The third kappa shape index (κ3) is 2.59. The summed E-state index contributed by atoms with van der Waals surface area (Å²) in [4.78, 5) is 37.0. The Morgan fingerprint density at radius 2 is 2.10 bits per heavy atom. The molecule has 0 spiro atoms. The fourth-order valence-electron chi connectivity index (χ4n) is 2.92. The van der Waals surface area contributed by atoms with Gasteiger partial charge in [-0.15, -0.1) is 0 Å². The maximum atomic E-state index is 12.4. The molecule has 0 aromatic heterocycles. The van der Waals surface area contributed by atoms with Crippen molar-refractivity contribution in [2.24, 2.45) is 11.8 Å². The zero-order valence-corrected chi connectivity index (χ0v) is 12.1. The SMILES string of the molecule is CCCC[C@@H](C(=O)O)N1C(=O)[C@H]2CC(Cl)=CC[C@H]2C1=O. The fraction of sp³-hybridized carbons (Fsp3) is 0.643. The number of carbonyl (C=O) groups excluding carboxylic acids is 2. The van der Waals surface area contributed by atoms with E-state index in [1.807, 2.05) is 6.92 Å². The van der Waals surface area contributed by atoms with Crippen molar-refractivity contribution < 1.29 is 19.5 Å². The molecule has 0 saturated carbocycles. The number of fused-ring (bicyclic) bond motifs is 1. The van der Waals surface area contributed by atoms with E-state index >= 15 is 0 Å². The number of rotatable bonds is 5. The largest absolute Gasteiger partial charge is 0.480 e. The molecular formula is C14H18ClNO4. The number of amides is 2. The highest BCUT2D eigenvalue weighted by Crippen LogP contribution is 2.40. The normalized spacial score (nSPS) is 27.3. The Balaban J connectivity index is 2.22. The molecule has 1 saturated heterocycles. The van der Waals surface area contributed by atoms with Crippen molar-refractivity contribution in [2.75, 3.05) is 0 Å². The Bertz CT molecular complexity index is 474. The van der Waals surface area contributed by atoms with E-state index in [2.05, 4.69) is 0 Å². The Morgan fingerprint density at radius 1 is 1.45 bits per heavy atom. The van der Waals surface area contributed by atoms with E-state index in [-0.39, 0.29) is 11.8 Å². The molecule has 6 heteroatoms. The van der Waals surface area contributed by atoms with Crippen LogP contribution in [0.4, 0.5) is 0 Å². The lowest BCUT2D eigenvalue weighted by Gasteiger charge is -2.22. The van der Waals surface area contributed by atoms with Gasteiger partial charge in [0.05, 0.1) is 11.8 Å². The van der Waals surface area contributed by atoms with Crippen LogP contribution in [0.25, 0.3) is 0 Å². The van der Waals surface area contributed by atoms with Crippen LogP contribution in [0.15, 0.2) is 11.1 Å². The molecule has 1 heterocycles. The van der Waals surface area contributed by atoms with Gasteiger partial charge in [0.25, 0.3) is 0 Å². The van der Waals surface area contributed by atoms with Crippen molar-refractivity contribution in [1.29, 1.82) is 0 Å². The molecule has 2 rings (SSSR count). The first-order valence-corrected chi connectivity index (χ1v) is 7.29. The molecule has 3 atom stereocenters. The number of unbranched alkanes of at least 4 members (excludes halogenated alkanes) is 1. The average molecular weight is 300 g/mol. The van der Waals surface area contributed by atoms with Crippen LogP contribution in [0.5, 0.6) is 0 Å². The van der Waals surface area contributed by atoms with Crippen molar-refractivity contribution in [3.63, 3.8) is 0 Å². The molecule has 0 bridgehead atoms. The zero-order valence-electron chi connectivity index (χ0n) is 11.3. The minimum atomic E-state index is -1.11. The zero-order chi connectivity index (χ0) is 14.9. The summed E-state index contributed by atoms with van der Waals surface area (Å²) in [5.41, 5.74) is 0. The van der Waals surface area contributed by atoms with Gasteiger partial charge in [0.2, 0.25) is 11.8 Å². The fourth-order valence-corrected chi connectivity index (χ4v) is 3.18. The van der Waals surface area contributed by atoms with E-state index in [0.717, 1.165) is 11.3 Å². The van der Waals surface area contributed by atoms with Crippen LogP contribution in [-0.2, 0) is 14.4 Å². The molecule has 5 nitrogen and oxygen atoms in total. The third-order valence-electron chi connectivity index (χ3n) is 4.03. The van der Waals surface area contributed by atoms with Crippen molar-refractivity contribution in [1.82, 2.24) is 4.90 Å². The Labute approximate surface area is 122 Å². The van der Waals surface area contributed by atoms with Crippen LogP contribution >= 0.6 is 11.6 Å².